The van der Waals surface area contributed by atoms with Gasteiger partial charge in [-0.2, -0.15) is 0 Å². The molecule has 0 bridgehead atoms. The highest BCUT2D eigenvalue weighted by atomic mass is 16.5. The summed E-state index contributed by atoms with van der Waals surface area (Å²) in [5, 5.41) is 0. The molecule has 1 aromatic heterocycles. The molecule has 23 heavy (non-hydrogen) atoms. The lowest BCUT2D eigenvalue weighted by atomic mass is 10.2. The maximum Gasteiger partial charge on any atom is 0.252 e. The summed E-state index contributed by atoms with van der Waals surface area (Å²) in [5.41, 5.74) is 2.27. The number of aryl methyl sites for hydroxylation is 1. The Hall–Kier alpha value is -1.40. The Bertz CT molecular complexity index is 549. The van der Waals surface area contributed by atoms with Gasteiger partial charge in [0.05, 0.1) is 24.3 Å². The lowest BCUT2D eigenvalue weighted by Crippen LogP contribution is -2.39. The van der Waals surface area contributed by atoms with Crippen LogP contribution in [-0.2, 0) is 29.2 Å². The smallest absolute Gasteiger partial charge is 0.252 e. The molecule has 128 valence electrons. The van der Waals surface area contributed by atoms with E-state index in [1.54, 1.807) is 0 Å². The van der Waals surface area contributed by atoms with Crippen molar-refractivity contribution in [2.75, 3.05) is 20.2 Å². The predicted octanol–water partition coefficient (Wildman–Crippen LogP) is 1.63. The van der Waals surface area contributed by atoms with Crippen molar-refractivity contribution in [2.45, 2.75) is 64.9 Å². The molecule has 6 heteroatoms. The third-order valence-electron chi connectivity index (χ3n) is 5.00. The van der Waals surface area contributed by atoms with Crippen molar-refractivity contribution in [3.63, 3.8) is 0 Å². The molecular weight excluding hydrogens is 292 g/mol. The molecule has 3 rings (SSSR count). The van der Waals surface area contributed by atoms with E-state index in [9.17, 15) is 4.79 Å². The van der Waals surface area contributed by atoms with E-state index >= 15 is 0 Å². The van der Waals surface area contributed by atoms with Gasteiger partial charge in [0.1, 0.15) is 6.10 Å². The van der Waals surface area contributed by atoms with Gasteiger partial charge in [-0.05, 0) is 40.2 Å². The molecule has 2 aliphatic rings. The molecule has 3 heterocycles. The molecule has 0 spiro atoms. The zero-order valence-corrected chi connectivity index (χ0v) is 14.5. The highest BCUT2D eigenvalue weighted by Crippen LogP contribution is 2.21. The zero-order chi connectivity index (χ0) is 16.4. The van der Waals surface area contributed by atoms with Gasteiger partial charge >= 0.3 is 0 Å². The summed E-state index contributed by atoms with van der Waals surface area (Å²) < 4.78 is 7.80. The van der Waals surface area contributed by atoms with Gasteiger partial charge in [0, 0.05) is 32.3 Å². The molecule has 1 fully saturated rings. The van der Waals surface area contributed by atoms with Crippen LogP contribution in [0.1, 0.15) is 44.5 Å². The standard InChI is InChI=1S/C17H28N4O2/c1-13(2)19(3)10-14-15-11-20(7-5-8-21(15)12-18-14)17(22)16-6-4-9-23-16/h12-13,16H,4-11H2,1-3H3/t16-/m1/s1. The van der Waals surface area contributed by atoms with Crippen molar-refractivity contribution in [2.24, 2.45) is 0 Å². The van der Waals surface area contributed by atoms with Gasteiger partial charge in [0.25, 0.3) is 5.91 Å². The molecule has 1 aromatic rings. The fourth-order valence-electron chi connectivity index (χ4n) is 3.23. The topological polar surface area (TPSA) is 50.6 Å². The second kappa shape index (κ2) is 7.01. The van der Waals surface area contributed by atoms with E-state index < -0.39 is 0 Å². The van der Waals surface area contributed by atoms with Gasteiger partial charge in [0.15, 0.2) is 0 Å². The van der Waals surface area contributed by atoms with Gasteiger partial charge in [0.2, 0.25) is 0 Å². The molecule has 0 saturated carbocycles. The fraction of sp³-hybridized carbons (Fsp3) is 0.765. The molecule has 0 aromatic carbocycles. The summed E-state index contributed by atoms with van der Waals surface area (Å²) in [7, 11) is 2.11. The Balaban J connectivity index is 1.75. The number of hydrogen-bond acceptors (Lipinski definition) is 4. The number of aromatic nitrogens is 2. The van der Waals surface area contributed by atoms with E-state index in [1.807, 2.05) is 11.2 Å². The molecule has 6 nitrogen and oxygen atoms in total. The van der Waals surface area contributed by atoms with E-state index in [0.717, 1.165) is 44.6 Å². The first-order valence-electron chi connectivity index (χ1n) is 8.69. The van der Waals surface area contributed by atoms with E-state index in [0.29, 0.717) is 19.2 Å². The van der Waals surface area contributed by atoms with Crippen LogP contribution >= 0.6 is 0 Å². The second-order valence-corrected chi connectivity index (χ2v) is 6.96. The van der Waals surface area contributed by atoms with Crippen LogP contribution in [0.2, 0.25) is 0 Å². The van der Waals surface area contributed by atoms with Crippen LogP contribution in [0.5, 0.6) is 0 Å². The monoisotopic (exact) mass is 320 g/mol. The van der Waals surface area contributed by atoms with Crippen LogP contribution in [0.25, 0.3) is 0 Å². The number of fused-ring (bicyclic) bond motifs is 1. The third-order valence-corrected chi connectivity index (χ3v) is 5.00. The third kappa shape index (κ3) is 3.58. The number of rotatable bonds is 4. The van der Waals surface area contributed by atoms with Crippen LogP contribution < -0.4 is 0 Å². The Morgan fingerprint density at radius 3 is 2.96 bits per heavy atom. The van der Waals surface area contributed by atoms with Gasteiger partial charge in [-0.25, -0.2) is 4.98 Å². The minimum absolute atomic E-state index is 0.153. The van der Waals surface area contributed by atoms with Crippen molar-refractivity contribution in [1.82, 2.24) is 19.4 Å². The van der Waals surface area contributed by atoms with Gasteiger partial charge in [-0.15, -0.1) is 0 Å². The molecule has 2 aliphatic heterocycles. The van der Waals surface area contributed by atoms with Crippen molar-refractivity contribution in [3.05, 3.63) is 17.7 Å². The highest BCUT2D eigenvalue weighted by molar-refractivity contribution is 5.81. The number of imidazole rings is 1. The number of nitrogens with zero attached hydrogens (tertiary/aromatic N) is 4. The zero-order valence-electron chi connectivity index (χ0n) is 14.5. The van der Waals surface area contributed by atoms with Gasteiger partial charge < -0.3 is 14.2 Å². The van der Waals surface area contributed by atoms with E-state index in [1.165, 1.54) is 5.69 Å². The van der Waals surface area contributed by atoms with Crippen LogP contribution in [0.15, 0.2) is 6.33 Å². The average Bonchev–Trinajstić information content (AvgIpc) is 3.12. The maximum absolute atomic E-state index is 12.7. The summed E-state index contributed by atoms with van der Waals surface area (Å²) in [5.74, 6) is 0.153. The van der Waals surface area contributed by atoms with E-state index in [4.69, 9.17) is 4.74 Å². The fourth-order valence-corrected chi connectivity index (χ4v) is 3.23. The van der Waals surface area contributed by atoms with E-state index in [-0.39, 0.29) is 12.0 Å². The Kier molecular flexibility index (Phi) is 5.02. The number of carbonyl (C=O) groups is 1. The molecule has 1 saturated heterocycles. The maximum atomic E-state index is 12.7. The van der Waals surface area contributed by atoms with Crippen molar-refractivity contribution >= 4 is 5.91 Å². The van der Waals surface area contributed by atoms with Crippen LogP contribution in [0.3, 0.4) is 0 Å². The lowest BCUT2D eigenvalue weighted by molar-refractivity contribution is -0.141. The first-order valence-corrected chi connectivity index (χ1v) is 8.69. The van der Waals surface area contributed by atoms with Crippen molar-refractivity contribution in [3.8, 4) is 0 Å². The molecular formula is C17H28N4O2. The second-order valence-electron chi connectivity index (χ2n) is 6.96. The Labute approximate surface area is 138 Å². The Morgan fingerprint density at radius 2 is 2.26 bits per heavy atom. The van der Waals surface area contributed by atoms with E-state index in [2.05, 4.69) is 35.3 Å². The largest absolute Gasteiger partial charge is 0.368 e. The summed E-state index contributed by atoms with van der Waals surface area (Å²) >= 11 is 0. The number of hydrogen-bond donors (Lipinski definition) is 0. The lowest BCUT2D eigenvalue weighted by Gasteiger charge is -2.24. The molecule has 0 N–H and O–H groups in total. The molecule has 0 unspecified atom stereocenters. The molecule has 1 atom stereocenters. The van der Waals surface area contributed by atoms with Crippen LogP contribution in [-0.4, -0.2) is 57.6 Å². The SMILES string of the molecule is CC(C)N(C)Cc1ncn2c1CN(C(=O)[C@H]1CCCO1)CCC2. The molecule has 0 radical (unpaired) electrons. The first kappa shape index (κ1) is 16.5. The number of ether oxygens (including phenoxy) is 1. The predicted molar refractivity (Wildman–Crippen MR) is 87.8 cm³/mol. The van der Waals surface area contributed by atoms with Crippen molar-refractivity contribution < 1.29 is 9.53 Å². The minimum Gasteiger partial charge on any atom is -0.368 e. The summed E-state index contributed by atoms with van der Waals surface area (Å²) in [6.45, 7) is 8.29. The Morgan fingerprint density at radius 1 is 1.43 bits per heavy atom. The van der Waals surface area contributed by atoms with Crippen molar-refractivity contribution in [1.29, 1.82) is 0 Å². The minimum atomic E-state index is -0.230. The first-order chi connectivity index (χ1) is 11.1. The highest BCUT2D eigenvalue weighted by Gasteiger charge is 2.30. The summed E-state index contributed by atoms with van der Waals surface area (Å²) in [4.78, 5) is 21.5. The van der Waals surface area contributed by atoms with Gasteiger partial charge in [-0.3, -0.25) is 9.69 Å². The summed E-state index contributed by atoms with van der Waals surface area (Å²) in [6.07, 6.45) is 4.52. The van der Waals surface area contributed by atoms with Gasteiger partial charge in [-0.1, -0.05) is 0 Å². The number of amides is 1. The molecule has 0 aliphatic carbocycles. The quantitative estimate of drug-likeness (QED) is 0.846. The number of carbonyl (C=O) groups excluding carboxylic acids is 1. The average molecular weight is 320 g/mol. The molecule has 1 amide bonds. The van der Waals surface area contributed by atoms with Crippen LogP contribution in [0, 0.1) is 0 Å². The summed E-state index contributed by atoms with van der Waals surface area (Å²) in [6, 6.07) is 0.475. The normalized spacial score (nSPS) is 21.8. The van der Waals surface area contributed by atoms with Crippen LogP contribution in [0.4, 0.5) is 0 Å².